The number of hydrogen-bond donors (Lipinski definition) is 1. The van der Waals surface area contributed by atoms with E-state index in [0.29, 0.717) is 11.8 Å². The molecule has 0 bridgehead atoms. The summed E-state index contributed by atoms with van der Waals surface area (Å²) in [6.45, 7) is 3.92. The van der Waals surface area contributed by atoms with Crippen molar-refractivity contribution in [3.05, 3.63) is 83.3 Å². The first-order valence-electron chi connectivity index (χ1n) is 8.02. The van der Waals surface area contributed by atoms with Crippen LogP contribution in [0.2, 0.25) is 0 Å². The first kappa shape index (κ1) is 15.1. The van der Waals surface area contributed by atoms with Gasteiger partial charge in [0.15, 0.2) is 5.69 Å². The largest absolute Gasteiger partial charge is 0.506 e. The van der Waals surface area contributed by atoms with Gasteiger partial charge in [-0.25, -0.2) is 0 Å². The number of aromatic nitrogens is 1. The van der Waals surface area contributed by atoms with Crippen molar-refractivity contribution in [1.82, 2.24) is 4.57 Å². The van der Waals surface area contributed by atoms with Crippen molar-refractivity contribution in [2.75, 3.05) is 0 Å². The second kappa shape index (κ2) is 5.91. The minimum absolute atomic E-state index is 0.0728. The van der Waals surface area contributed by atoms with E-state index in [0.717, 1.165) is 27.5 Å². The lowest BCUT2D eigenvalue weighted by molar-refractivity contribution is 0.477. The highest BCUT2D eigenvalue weighted by Crippen LogP contribution is 2.43. The highest BCUT2D eigenvalue weighted by atomic mass is 16.3. The van der Waals surface area contributed by atoms with Crippen LogP contribution in [-0.4, -0.2) is 9.67 Å². The Bertz CT molecular complexity index is 1110. The molecule has 0 amide bonds. The number of nitrogens with zero attached hydrogens (tertiary/aromatic N) is 2. The molecule has 4 nitrogen and oxygen atoms in total. The molecule has 0 radical (unpaired) electrons. The number of para-hydroxylation sites is 1. The van der Waals surface area contributed by atoms with Crippen molar-refractivity contribution in [3.8, 4) is 5.75 Å². The predicted octanol–water partition coefficient (Wildman–Crippen LogP) is 5.59. The Morgan fingerprint density at radius 3 is 2.52 bits per heavy atom. The van der Waals surface area contributed by atoms with Gasteiger partial charge in [0, 0.05) is 17.0 Å². The molecular formula is C21H16N2O2. The molecule has 0 atom stereocenters. The van der Waals surface area contributed by atoms with E-state index in [1.54, 1.807) is 12.3 Å². The minimum Gasteiger partial charge on any atom is -0.506 e. The Kier molecular flexibility index (Phi) is 3.58. The minimum atomic E-state index is -0.0969. The molecule has 1 heterocycles. The lowest BCUT2D eigenvalue weighted by atomic mass is 10.00. The van der Waals surface area contributed by atoms with Gasteiger partial charge in [-0.1, -0.05) is 55.1 Å². The second-order valence-electron chi connectivity index (χ2n) is 5.95. The number of aromatic hydroxyl groups is 1. The van der Waals surface area contributed by atoms with E-state index in [1.165, 1.54) is 0 Å². The van der Waals surface area contributed by atoms with Crippen LogP contribution < -0.4 is 0 Å². The van der Waals surface area contributed by atoms with Gasteiger partial charge in [0.1, 0.15) is 5.75 Å². The van der Waals surface area contributed by atoms with Gasteiger partial charge in [0.05, 0.1) is 11.0 Å². The molecule has 0 spiro atoms. The molecule has 0 saturated heterocycles. The number of phenols is 1. The highest BCUT2D eigenvalue weighted by Gasteiger charge is 2.20. The molecule has 3 aromatic carbocycles. The van der Waals surface area contributed by atoms with E-state index in [1.807, 2.05) is 59.2 Å². The zero-order chi connectivity index (χ0) is 17.4. The summed E-state index contributed by atoms with van der Waals surface area (Å²) >= 11 is 0. The van der Waals surface area contributed by atoms with Crippen molar-refractivity contribution in [2.24, 2.45) is 5.18 Å². The number of phenolic OH excluding ortho intramolecular Hbond substituents is 1. The van der Waals surface area contributed by atoms with Gasteiger partial charge < -0.3 is 9.67 Å². The molecular weight excluding hydrogens is 312 g/mol. The zero-order valence-corrected chi connectivity index (χ0v) is 13.5. The van der Waals surface area contributed by atoms with Crippen LogP contribution in [0.5, 0.6) is 5.75 Å². The number of benzene rings is 3. The summed E-state index contributed by atoms with van der Waals surface area (Å²) in [7, 11) is 0. The second-order valence-corrected chi connectivity index (χ2v) is 5.95. The summed E-state index contributed by atoms with van der Waals surface area (Å²) in [5.41, 5.74) is 3.89. The van der Waals surface area contributed by atoms with Crippen molar-refractivity contribution < 1.29 is 5.11 Å². The molecule has 25 heavy (non-hydrogen) atoms. The van der Waals surface area contributed by atoms with Gasteiger partial charge in [-0.3, -0.25) is 0 Å². The Morgan fingerprint density at radius 2 is 1.80 bits per heavy atom. The van der Waals surface area contributed by atoms with Gasteiger partial charge in [-0.15, -0.1) is 4.91 Å². The van der Waals surface area contributed by atoms with Gasteiger partial charge in [0.2, 0.25) is 0 Å². The van der Waals surface area contributed by atoms with E-state index in [4.69, 9.17) is 0 Å². The van der Waals surface area contributed by atoms with E-state index < -0.39 is 0 Å². The fraction of sp³-hybridized carbons (Fsp3) is 0.0476. The molecule has 0 saturated carbocycles. The highest BCUT2D eigenvalue weighted by molar-refractivity contribution is 6.16. The average molecular weight is 328 g/mol. The molecule has 1 N–H and O–H groups in total. The molecule has 0 aliphatic heterocycles. The van der Waals surface area contributed by atoms with E-state index >= 15 is 0 Å². The van der Waals surface area contributed by atoms with Gasteiger partial charge >= 0.3 is 0 Å². The summed E-state index contributed by atoms with van der Waals surface area (Å²) in [5, 5.41) is 15.0. The first-order chi connectivity index (χ1) is 12.2. The fourth-order valence-electron chi connectivity index (χ4n) is 3.48. The lowest BCUT2D eigenvalue weighted by Crippen LogP contribution is -1.94. The molecule has 0 unspecified atom stereocenters. The predicted molar refractivity (Wildman–Crippen MR) is 102 cm³/mol. The van der Waals surface area contributed by atoms with Crippen LogP contribution in [-0.2, 0) is 6.42 Å². The third kappa shape index (κ3) is 2.31. The van der Waals surface area contributed by atoms with Crippen molar-refractivity contribution in [2.45, 2.75) is 6.42 Å². The number of fused-ring (bicyclic) bond motifs is 3. The number of rotatable bonds is 4. The number of hydrogen-bond acceptors (Lipinski definition) is 3. The van der Waals surface area contributed by atoms with Crippen LogP contribution in [0, 0.1) is 4.91 Å². The van der Waals surface area contributed by atoms with Gasteiger partial charge in [0.25, 0.3) is 0 Å². The summed E-state index contributed by atoms with van der Waals surface area (Å²) < 4.78 is 1.96. The van der Waals surface area contributed by atoms with Crippen LogP contribution >= 0.6 is 0 Å². The Morgan fingerprint density at radius 1 is 1.08 bits per heavy atom. The summed E-state index contributed by atoms with van der Waals surface area (Å²) in [6, 6.07) is 19.4. The molecule has 122 valence electrons. The third-order valence-corrected chi connectivity index (χ3v) is 4.52. The maximum atomic E-state index is 11.4. The quantitative estimate of drug-likeness (QED) is 0.496. The SMILES string of the molecule is C=Cn1c2ccccc2c2c(N=O)c(O)cc(Cc3ccccc3)c21. The number of nitroso groups, excluding NO2 is 1. The van der Waals surface area contributed by atoms with E-state index in [9.17, 15) is 10.0 Å². The molecule has 0 aliphatic rings. The summed E-state index contributed by atoms with van der Waals surface area (Å²) in [5.74, 6) is -0.0969. The maximum Gasteiger partial charge on any atom is 0.159 e. The molecule has 1 aromatic heterocycles. The third-order valence-electron chi connectivity index (χ3n) is 4.52. The van der Waals surface area contributed by atoms with Crippen molar-refractivity contribution in [1.29, 1.82) is 0 Å². The Labute approximate surface area is 144 Å². The molecule has 0 aliphatic carbocycles. The van der Waals surface area contributed by atoms with E-state index in [2.05, 4.69) is 11.8 Å². The van der Waals surface area contributed by atoms with Crippen LogP contribution in [0.1, 0.15) is 11.1 Å². The zero-order valence-electron chi connectivity index (χ0n) is 13.5. The van der Waals surface area contributed by atoms with Crippen LogP contribution in [0.4, 0.5) is 5.69 Å². The summed E-state index contributed by atoms with van der Waals surface area (Å²) in [4.78, 5) is 11.4. The van der Waals surface area contributed by atoms with E-state index in [-0.39, 0.29) is 11.4 Å². The topological polar surface area (TPSA) is 54.6 Å². The van der Waals surface area contributed by atoms with Gasteiger partial charge in [-0.05, 0) is 34.9 Å². The monoisotopic (exact) mass is 328 g/mol. The summed E-state index contributed by atoms with van der Waals surface area (Å²) in [6.07, 6.45) is 2.36. The lowest BCUT2D eigenvalue weighted by Gasteiger charge is -2.10. The van der Waals surface area contributed by atoms with Crippen LogP contribution in [0.25, 0.3) is 28.0 Å². The van der Waals surface area contributed by atoms with Gasteiger partial charge in [-0.2, -0.15) is 0 Å². The molecule has 4 aromatic rings. The van der Waals surface area contributed by atoms with Crippen LogP contribution in [0.15, 0.2) is 72.4 Å². The average Bonchev–Trinajstić information content (AvgIpc) is 2.97. The molecule has 0 fully saturated rings. The normalized spacial score (nSPS) is 11.0. The fourth-order valence-corrected chi connectivity index (χ4v) is 3.48. The Balaban J connectivity index is 2.13. The first-order valence-corrected chi connectivity index (χ1v) is 8.02. The van der Waals surface area contributed by atoms with Crippen molar-refractivity contribution in [3.63, 3.8) is 0 Å². The smallest absolute Gasteiger partial charge is 0.159 e. The maximum absolute atomic E-state index is 11.4. The standard InChI is InChI=1S/C21H16N2O2/c1-2-23-17-11-7-6-10-16(17)19-20(22-25)18(24)13-15(21(19)23)12-14-8-4-3-5-9-14/h2-11,13,24H,1,12H2. The molecule has 4 heteroatoms. The van der Waals surface area contributed by atoms with Crippen LogP contribution in [0.3, 0.4) is 0 Å². The van der Waals surface area contributed by atoms with Crippen molar-refractivity contribution >= 4 is 33.7 Å². The molecule has 4 rings (SSSR count). The Hall–Kier alpha value is -3.40.